The summed E-state index contributed by atoms with van der Waals surface area (Å²) in [4.78, 5) is 11.7. The van der Waals surface area contributed by atoms with Gasteiger partial charge < -0.3 is 9.84 Å². The van der Waals surface area contributed by atoms with E-state index in [1.807, 2.05) is 36.4 Å². The molecule has 1 N–H and O–H groups in total. The number of hydrogen-bond donors (Lipinski definition) is 1. The van der Waals surface area contributed by atoms with Crippen LogP contribution < -0.4 is 0 Å². The molecule has 2 rings (SSSR count). The van der Waals surface area contributed by atoms with Crippen molar-refractivity contribution in [2.45, 2.75) is 12.5 Å². The van der Waals surface area contributed by atoms with Gasteiger partial charge in [0.2, 0.25) is 0 Å². The lowest BCUT2D eigenvalue weighted by atomic mass is 10.1. The van der Waals surface area contributed by atoms with Crippen LogP contribution in [0.15, 0.2) is 60.7 Å². The fourth-order valence-electron chi connectivity index (χ4n) is 1.77. The summed E-state index contributed by atoms with van der Waals surface area (Å²) in [6.07, 6.45) is -0.210. The van der Waals surface area contributed by atoms with Crippen LogP contribution in [-0.2, 0) is 11.2 Å². The first-order valence-electron chi connectivity index (χ1n) is 6.20. The van der Waals surface area contributed by atoms with Gasteiger partial charge in [0, 0.05) is 6.42 Å². The molecular formula is C16H16O3. The fraction of sp³-hybridized carbons (Fsp3) is 0.188. The number of aliphatic hydroxyl groups is 1. The van der Waals surface area contributed by atoms with Crippen molar-refractivity contribution in [3.8, 4) is 0 Å². The molecule has 0 spiro atoms. The Kier molecular flexibility index (Phi) is 4.70. The standard InChI is InChI=1S/C16H16O3/c17-15(11-13-7-3-1-4-8-13)12-19-16(18)14-9-5-2-6-10-14/h1-10,15,17H,11-12H2. The minimum absolute atomic E-state index is 0.00260. The van der Waals surface area contributed by atoms with E-state index in [1.165, 1.54) is 0 Å². The highest BCUT2D eigenvalue weighted by molar-refractivity contribution is 5.89. The second kappa shape index (κ2) is 6.71. The summed E-state index contributed by atoms with van der Waals surface area (Å²) in [5, 5.41) is 9.82. The van der Waals surface area contributed by atoms with Gasteiger partial charge in [0.1, 0.15) is 6.61 Å². The van der Waals surface area contributed by atoms with Gasteiger partial charge in [-0.3, -0.25) is 0 Å². The second-order valence-corrected chi connectivity index (χ2v) is 4.31. The zero-order valence-electron chi connectivity index (χ0n) is 10.5. The quantitative estimate of drug-likeness (QED) is 0.836. The molecule has 0 aromatic heterocycles. The van der Waals surface area contributed by atoms with Crippen molar-refractivity contribution in [1.29, 1.82) is 0 Å². The lowest BCUT2D eigenvalue weighted by molar-refractivity contribution is 0.0259. The van der Waals surface area contributed by atoms with Gasteiger partial charge in [0.05, 0.1) is 11.7 Å². The highest BCUT2D eigenvalue weighted by atomic mass is 16.5. The van der Waals surface area contributed by atoms with Gasteiger partial charge in [-0.1, -0.05) is 48.5 Å². The van der Waals surface area contributed by atoms with Crippen molar-refractivity contribution < 1.29 is 14.6 Å². The first kappa shape index (κ1) is 13.3. The van der Waals surface area contributed by atoms with Gasteiger partial charge in [0.25, 0.3) is 0 Å². The zero-order valence-corrected chi connectivity index (χ0v) is 10.5. The van der Waals surface area contributed by atoms with Crippen LogP contribution in [0.1, 0.15) is 15.9 Å². The highest BCUT2D eigenvalue weighted by Crippen LogP contribution is 2.05. The first-order chi connectivity index (χ1) is 9.25. The Morgan fingerprint density at radius 3 is 2.21 bits per heavy atom. The molecule has 0 bridgehead atoms. The summed E-state index contributed by atoms with van der Waals surface area (Å²) in [6, 6.07) is 18.4. The maximum Gasteiger partial charge on any atom is 0.338 e. The molecule has 2 aromatic carbocycles. The van der Waals surface area contributed by atoms with Crippen LogP contribution >= 0.6 is 0 Å². The van der Waals surface area contributed by atoms with Gasteiger partial charge >= 0.3 is 5.97 Å². The van der Waals surface area contributed by atoms with Gasteiger partial charge in [0.15, 0.2) is 0 Å². The van der Waals surface area contributed by atoms with Crippen LogP contribution in [0, 0.1) is 0 Å². The van der Waals surface area contributed by atoms with Crippen molar-refractivity contribution in [3.63, 3.8) is 0 Å². The van der Waals surface area contributed by atoms with Crippen LogP contribution in [-0.4, -0.2) is 23.8 Å². The molecule has 0 aliphatic rings. The summed E-state index contributed by atoms with van der Waals surface area (Å²) in [6.45, 7) is 0.00260. The Balaban J connectivity index is 1.81. The smallest absolute Gasteiger partial charge is 0.338 e. The molecule has 0 saturated carbocycles. The molecule has 0 radical (unpaired) electrons. The molecule has 0 aliphatic heterocycles. The minimum atomic E-state index is -0.685. The predicted octanol–water partition coefficient (Wildman–Crippen LogP) is 2.45. The largest absolute Gasteiger partial charge is 0.459 e. The van der Waals surface area contributed by atoms with E-state index in [0.717, 1.165) is 5.56 Å². The number of esters is 1. The average Bonchev–Trinajstić information content (AvgIpc) is 2.47. The number of rotatable bonds is 5. The monoisotopic (exact) mass is 256 g/mol. The van der Waals surface area contributed by atoms with Gasteiger partial charge in [-0.25, -0.2) is 4.79 Å². The number of hydrogen-bond acceptors (Lipinski definition) is 3. The Hall–Kier alpha value is -2.13. The van der Waals surface area contributed by atoms with E-state index in [1.54, 1.807) is 24.3 Å². The van der Waals surface area contributed by atoms with Crippen LogP contribution in [0.5, 0.6) is 0 Å². The van der Waals surface area contributed by atoms with E-state index < -0.39 is 12.1 Å². The van der Waals surface area contributed by atoms with Gasteiger partial charge in [-0.05, 0) is 17.7 Å². The molecular weight excluding hydrogens is 240 g/mol. The molecule has 0 heterocycles. The lowest BCUT2D eigenvalue weighted by Gasteiger charge is -2.11. The van der Waals surface area contributed by atoms with Crippen molar-refractivity contribution >= 4 is 5.97 Å². The SMILES string of the molecule is O=C(OCC(O)Cc1ccccc1)c1ccccc1. The summed E-state index contributed by atoms with van der Waals surface area (Å²) in [5.41, 5.74) is 1.51. The summed E-state index contributed by atoms with van der Waals surface area (Å²) in [5.74, 6) is -0.410. The third-order valence-corrected chi connectivity index (χ3v) is 2.73. The van der Waals surface area contributed by atoms with E-state index >= 15 is 0 Å². The molecule has 19 heavy (non-hydrogen) atoms. The molecule has 1 unspecified atom stereocenters. The number of benzene rings is 2. The average molecular weight is 256 g/mol. The normalized spacial score (nSPS) is 11.8. The van der Waals surface area contributed by atoms with E-state index in [9.17, 15) is 9.90 Å². The van der Waals surface area contributed by atoms with E-state index in [0.29, 0.717) is 12.0 Å². The Morgan fingerprint density at radius 2 is 1.58 bits per heavy atom. The van der Waals surface area contributed by atoms with Crippen LogP contribution in [0.2, 0.25) is 0 Å². The molecule has 98 valence electrons. The van der Waals surface area contributed by atoms with Crippen molar-refractivity contribution in [2.75, 3.05) is 6.61 Å². The third kappa shape index (κ3) is 4.23. The molecule has 3 nitrogen and oxygen atoms in total. The van der Waals surface area contributed by atoms with Crippen molar-refractivity contribution in [3.05, 3.63) is 71.8 Å². The predicted molar refractivity (Wildman–Crippen MR) is 72.9 cm³/mol. The van der Waals surface area contributed by atoms with E-state index in [4.69, 9.17) is 4.74 Å². The van der Waals surface area contributed by atoms with Crippen LogP contribution in [0.25, 0.3) is 0 Å². The molecule has 2 aromatic rings. The van der Waals surface area contributed by atoms with Gasteiger partial charge in [-0.15, -0.1) is 0 Å². The molecule has 0 saturated heterocycles. The van der Waals surface area contributed by atoms with E-state index in [2.05, 4.69) is 0 Å². The molecule has 1 atom stereocenters. The van der Waals surface area contributed by atoms with Crippen molar-refractivity contribution in [1.82, 2.24) is 0 Å². The Bertz CT molecular complexity index is 508. The first-order valence-corrected chi connectivity index (χ1v) is 6.20. The summed E-state index contributed by atoms with van der Waals surface area (Å²) in [7, 11) is 0. The fourth-order valence-corrected chi connectivity index (χ4v) is 1.77. The number of carbonyl (C=O) groups is 1. The number of ether oxygens (including phenoxy) is 1. The minimum Gasteiger partial charge on any atom is -0.459 e. The summed E-state index contributed by atoms with van der Waals surface area (Å²) < 4.78 is 5.07. The highest BCUT2D eigenvalue weighted by Gasteiger charge is 2.11. The number of carbonyl (C=O) groups excluding carboxylic acids is 1. The van der Waals surface area contributed by atoms with Gasteiger partial charge in [-0.2, -0.15) is 0 Å². The lowest BCUT2D eigenvalue weighted by Crippen LogP contribution is -2.20. The Morgan fingerprint density at radius 1 is 1.00 bits per heavy atom. The molecule has 0 fully saturated rings. The topological polar surface area (TPSA) is 46.5 Å². The molecule has 3 heteroatoms. The summed E-state index contributed by atoms with van der Waals surface area (Å²) >= 11 is 0. The van der Waals surface area contributed by atoms with Crippen LogP contribution in [0.3, 0.4) is 0 Å². The molecule has 0 amide bonds. The maximum atomic E-state index is 11.7. The second-order valence-electron chi connectivity index (χ2n) is 4.31. The van der Waals surface area contributed by atoms with E-state index in [-0.39, 0.29) is 6.61 Å². The zero-order chi connectivity index (χ0) is 13.5. The Labute approximate surface area is 112 Å². The van der Waals surface area contributed by atoms with Crippen molar-refractivity contribution in [2.24, 2.45) is 0 Å². The third-order valence-electron chi connectivity index (χ3n) is 2.73. The van der Waals surface area contributed by atoms with Crippen LogP contribution in [0.4, 0.5) is 0 Å². The maximum absolute atomic E-state index is 11.7. The number of aliphatic hydroxyl groups excluding tert-OH is 1. The molecule has 0 aliphatic carbocycles.